The molecule has 2 rings (SSSR count). The number of rotatable bonds is 2. The quantitative estimate of drug-likeness (QED) is 0.850. The van der Waals surface area contributed by atoms with Gasteiger partial charge >= 0.3 is 12.1 Å². The molecule has 4 nitrogen and oxygen atoms in total. The highest BCUT2D eigenvalue weighted by molar-refractivity contribution is 5.99. The molecule has 0 radical (unpaired) electrons. The molecule has 8 heteroatoms. The zero-order valence-corrected chi connectivity index (χ0v) is 9.95. The van der Waals surface area contributed by atoms with Gasteiger partial charge in [0.25, 0.3) is 0 Å². The van der Waals surface area contributed by atoms with E-state index in [1.165, 1.54) is 0 Å². The lowest BCUT2D eigenvalue weighted by Gasteiger charge is -2.18. The van der Waals surface area contributed by atoms with Gasteiger partial charge < -0.3 is 10.0 Å². The normalized spacial score (nSPS) is 19.5. The van der Waals surface area contributed by atoms with E-state index in [0.29, 0.717) is 12.1 Å². The minimum Gasteiger partial charge on any atom is -0.481 e. The second-order valence-electron chi connectivity index (χ2n) is 4.41. The van der Waals surface area contributed by atoms with Gasteiger partial charge in [-0.25, -0.2) is 4.39 Å². The summed E-state index contributed by atoms with van der Waals surface area (Å²) in [5.41, 5.74) is -1.64. The molecule has 0 aliphatic carbocycles. The van der Waals surface area contributed by atoms with E-state index < -0.39 is 35.4 Å². The number of benzene rings is 1. The number of amides is 1. The van der Waals surface area contributed by atoms with E-state index in [2.05, 4.69) is 0 Å². The Labute approximate surface area is 110 Å². The van der Waals surface area contributed by atoms with Crippen LogP contribution in [0.4, 0.5) is 23.2 Å². The van der Waals surface area contributed by atoms with Gasteiger partial charge in [-0.3, -0.25) is 9.59 Å². The number of hydrogen-bond donors (Lipinski definition) is 1. The van der Waals surface area contributed by atoms with Crippen molar-refractivity contribution in [3.63, 3.8) is 0 Å². The number of carboxylic acid groups (broad SMARTS) is 1. The Kier molecular flexibility index (Phi) is 3.41. The van der Waals surface area contributed by atoms with Gasteiger partial charge in [-0.05, 0) is 18.2 Å². The Hall–Kier alpha value is -2.12. The fourth-order valence-corrected chi connectivity index (χ4v) is 2.02. The summed E-state index contributed by atoms with van der Waals surface area (Å²) in [6, 6.07) is 2.14. The first-order valence-corrected chi connectivity index (χ1v) is 5.60. The molecule has 108 valence electrons. The van der Waals surface area contributed by atoms with E-state index in [-0.39, 0.29) is 18.7 Å². The van der Waals surface area contributed by atoms with Gasteiger partial charge in [-0.2, -0.15) is 13.2 Å². The molecule has 1 atom stereocenters. The Balaban J connectivity index is 2.35. The molecule has 1 saturated heterocycles. The summed E-state index contributed by atoms with van der Waals surface area (Å²) in [7, 11) is 0. The average molecular weight is 291 g/mol. The lowest BCUT2D eigenvalue weighted by atomic mass is 10.1. The Morgan fingerprint density at radius 3 is 2.50 bits per heavy atom. The first kappa shape index (κ1) is 14.3. The number of carbonyl (C=O) groups is 2. The van der Waals surface area contributed by atoms with Crippen molar-refractivity contribution >= 4 is 17.6 Å². The smallest absolute Gasteiger partial charge is 0.419 e. The van der Waals surface area contributed by atoms with Crippen LogP contribution in [-0.4, -0.2) is 23.5 Å². The van der Waals surface area contributed by atoms with Gasteiger partial charge in [0.15, 0.2) is 0 Å². The van der Waals surface area contributed by atoms with Crippen molar-refractivity contribution in [2.75, 3.05) is 11.4 Å². The summed E-state index contributed by atoms with van der Waals surface area (Å²) in [5.74, 6) is -4.21. The summed E-state index contributed by atoms with van der Waals surface area (Å²) in [6.07, 6.45) is -5.16. The summed E-state index contributed by atoms with van der Waals surface area (Å²) >= 11 is 0. The van der Waals surface area contributed by atoms with Gasteiger partial charge in [0.1, 0.15) is 5.82 Å². The zero-order valence-electron chi connectivity index (χ0n) is 9.95. The van der Waals surface area contributed by atoms with E-state index in [4.69, 9.17) is 5.11 Å². The number of carboxylic acids is 1. The van der Waals surface area contributed by atoms with Crippen molar-refractivity contribution in [1.82, 2.24) is 0 Å². The Bertz CT molecular complexity index is 570. The SMILES string of the molecule is O=C(O)C1CC(=O)N(c2ccc(F)c(C(F)(F)F)c2)C1. The fourth-order valence-electron chi connectivity index (χ4n) is 2.02. The molecule has 1 unspecified atom stereocenters. The van der Waals surface area contributed by atoms with Crippen molar-refractivity contribution in [2.24, 2.45) is 5.92 Å². The maximum Gasteiger partial charge on any atom is 0.419 e. The molecule has 1 amide bonds. The minimum atomic E-state index is -4.88. The van der Waals surface area contributed by atoms with Crippen molar-refractivity contribution in [3.05, 3.63) is 29.6 Å². The standard InChI is InChI=1S/C12H9F4NO3/c13-9-2-1-7(4-8(9)12(14,15)16)17-5-6(11(19)20)3-10(17)18/h1-2,4,6H,3,5H2,(H,19,20). The van der Waals surface area contributed by atoms with E-state index in [0.717, 1.165) is 11.0 Å². The molecule has 1 aliphatic rings. The van der Waals surface area contributed by atoms with E-state index in [9.17, 15) is 27.2 Å². The number of alkyl halides is 3. The number of anilines is 1. The van der Waals surface area contributed by atoms with Crippen molar-refractivity contribution in [2.45, 2.75) is 12.6 Å². The topological polar surface area (TPSA) is 57.6 Å². The van der Waals surface area contributed by atoms with Crippen molar-refractivity contribution in [1.29, 1.82) is 0 Å². The van der Waals surface area contributed by atoms with Crippen LogP contribution in [0.2, 0.25) is 0 Å². The molecule has 1 heterocycles. The number of halogens is 4. The molecule has 0 saturated carbocycles. The number of nitrogens with zero attached hydrogens (tertiary/aromatic N) is 1. The second kappa shape index (κ2) is 4.77. The van der Waals surface area contributed by atoms with Crippen molar-refractivity contribution in [3.8, 4) is 0 Å². The molecular weight excluding hydrogens is 282 g/mol. The summed E-state index contributed by atoms with van der Waals surface area (Å²) < 4.78 is 50.9. The predicted molar refractivity (Wildman–Crippen MR) is 59.5 cm³/mol. The lowest BCUT2D eigenvalue weighted by molar-refractivity contribution is -0.142. The highest BCUT2D eigenvalue weighted by Crippen LogP contribution is 2.35. The Morgan fingerprint density at radius 2 is 2.00 bits per heavy atom. The molecule has 1 aromatic carbocycles. The molecule has 20 heavy (non-hydrogen) atoms. The third-order valence-electron chi connectivity index (χ3n) is 3.04. The molecule has 1 aromatic rings. The maximum atomic E-state index is 13.1. The van der Waals surface area contributed by atoms with Crippen molar-refractivity contribution < 1.29 is 32.3 Å². The number of carbonyl (C=O) groups excluding carboxylic acids is 1. The summed E-state index contributed by atoms with van der Waals surface area (Å²) in [6.45, 7) is -0.225. The van der Waals surface area contributed by atoms with Crippen LogP contribution in [0.5, 0.6) is 0 Å². The van der Waals surface area contributed by atoms with Crippen LogP contribution in [0.25, 0.3) is 0 Å². The first-order valence-electron chi connectivity index (χ1n) is 5.60. The molecule has 1 fully saturated rings. The Morgan fingerprint density at radius 1 is 1.35 bits per heavy atom. The number of hydrogen-bond acceptors (Lipinski definition) is 2. The molecule has 0 aromatic heterocycles. The number of aliphatic carboxylic acids is 1. The monoisotopic (exact) mass is 291 g/mol. The predicted octanol–water partition coefficient (Wildman–Crippen LogP) is 2.28. The molecular formula is C12H9F4NO3. The largest absolute Gasteiger partial charge is 0.481 e. The molecule has 1 aliphatic heterocycles. The highest BCUT2D eigenvalue weighted by atomic mass is 19.4. The maximum absolute atomic E-state index is 13.1. The van der Waals surface area contributed by atoms with E-state index in [1.807, 2.05) is 0 Å². The molecule has 1 N–H and O–H groups in total. The van der Waals surface area contributed by atoms with Crippen LogP contribution in [0, 0.1) is 11.7 Å². The van der Waals surface area contributed by atoms with E-state index >= 15 is 0 Å². The van der Waals surface area contributed by atoms with Crippen LogP contribution >= 0.6 is 0 Å². The van der Waals surface area contributed by atoms with E-state index in [1.54, 1.807) is 0 Å². The van der Waals surface area contributed by atoms with Crippen LogP contribution in [0.3, 0.4) is 0 Å². The van der Waals surface area contributed by atoms with Crippen LogP contribution in [0.15, 0.2) is 18.2 Å². The first-order chi connectivity index (χ1) is 9.20. The zero-order chi connectivity index (χ0) is 15.1. The van der Waals surface area contributed by atoms with Crippen LogP contribution in [-0.2, 0) is 15.8 Å². The third-order valence-corrected chi connectivity index (χ3v) is 3.04. The third kappa shape index (κ3) is 2.59. The van der Waals surface area contributed by atoms with Gasteiger partial charge in [0.2, 0.25) is 5.91 Å². The van der Waals surface area contributed by atoms with Gasteiger partial charge in [-0.1, -0.05) is 0 Å². The lowest BCUT2D eigenvalue weighted by Crippen LogP contribution is -2.26. The fraction of sp³-hybridized carbons (Fsp3) is 0.333. The van der Waals surface area contributed by atoms with Crippen LogP contribution in [0.1, 0.15) is 12.0 Å². The molecule has 0 spiro atoms. The highest BCUT2D eigenvalue weighted by Gasteiger charge is 2.38. The minimum absolute atomic E-state index is 0.160. The van der Waals surface area contributed by atoms with Crippen LogP contribution < -0.4 is 4.90 Å². The van der Waals surface area contributed by atoms with Gasteiger partial charge in [0.05, 0.1) is 11.5 Å². The van der Waals surface area contributed by atoms with Gasteiger partial charge in [0, 0.05) is 18.7 Å². The average Bonchev–Trinajstić information content (AvgIpc) is 2.71. The van der Waals surface area contributed by atoms with Gasteiger partial charge in [-0.15, -0.1) is 0 Å². The summed E-state index contributed by atoms with van der Waals surface area (Å²) in [4.78, 5) is 23.3. The molecule has 0 bridgehead atoms. The summed E-state index contributed by atoms with van der Waals surface area (Å²) in [5, 5.41) is 8.80. The second-order valence-corrected chi connectivity index (χ2v) is 4.41.